The fraction of sp³-hybridized carbons (Fsp3) is 0.571. The minimum absolute atomic E-state index is 0.290. The maximum absolute atomic E-state index is 14.2. The van der Waals surface area contributed by atoms with Gasteiger partial charge in [0.05, 0.1) is 5.69 Å². The number of nitrogens with one attached hydrogen (secondary N) is 1. The van der Waals surface area contributed by atoms with Gasteiger partial charge in [-0.3, -0.25) is 4.79 Å². The molecule has 0 spiro atoms. The highest BCUT2D eigenvalue weighted by Crippen LogP contribution is 2.35. The number of hydrogen-bond acceptors (Lipinski definition) is 4. The maximum Gasteiger partial charge on any atom is 0.165 e. The summed E-state index contributed by atoms with van der Waals surface area (Å²) in [6, 6.07) is 16.8. The van der Waals surface area contributed by atoms with Crippen LogP contribution in [0.4, 0.5) is 0 Å². The first-order valence-electron chi connectivity index (χ1n) is 16.1. The maximum atomic E-state index is 14.2. The normalized spacial score (nSPS) is 22.7. The van der Waals surface area contributed by atoms with Crippen LogP contribution in [-0.2, 0) is 13.2 Å². The van der Waals surface area contributed by atoms with E-state index in [0.717, 1.165) is 78.8 Å². The monoisotopic (exact) mass is 575 g/mol. The van der Waals surface area contributed by atoms with Crippen molar-refractivity contribution in [2.75, 3.05) is 26.2 Å². The lowest BCUT2D eigenvalue weighted by Gasteiger charge is -2.38. The first-order chi connectivity index (χ1) is 20.2. The van der Waals surface area contributed by atoms with Crippen LogP contribution in [0.2, 0.25) is 5.02 Å². The largest absolute Gasteiger partial charge is 0.487 e. The molecule has 6 rings (SSSR count). The molecule has 6 heteroatoms. The van der Waals surface area contributed by atoms with Gasteiger partial charge in [-0.25, -0.2) is 0 Å². The molecule has 2 aliphatic heterocycles. The average Bonchev–Trinajstić information content (AvgIpc) is 3.34. The predicted octanol–water partition coefficient (Wildman–Crippen LogP) is 7.88. The van der Waals surface area contributed by atoms with E-state index in [-0.39, 0.29) is 5.78 Å². The van der Waals surface area contributed by atoms with E-state index in [1.807, 2.05) is 24.3 Å². The number of aromatic nitrogens is 1. The molecule has 0 bridgehead atoms. The van der Waals surface area contributed by atoms with Gasteiger partial charge in [-0.2, -0.15) is 0 Å². The highest BCUT2D eigenvalue weighted by atomic mass is 35.5. The number of Topliss-reactive ketones (excluding diaryl/α,β-unsaturated/α-hetero) is 1. The zero-order chi connectivity index (χ0) is 28.0. The minimum Gasteiger partial charge on any atom is -0.487 e. The number of nitrogens with zero attached hydrogens (tertiary/aromatic N) is 2. The van der Waals surface area contributed by atoms with Crippen LogP contribution >= 0.6 is 11.6 Å². The highest BCUT2D eigenvalue weighted by Gasteiger charge is 2.30. The van der Waals surface area contributed by atoms with Gasteiger partial charge < -0.3 is 19.5 Å². The molecular weight excluding hydrogens is 530 g/mol. The molecule has 0 radical (unpaired) electrons. The number of fused-ring (bicyclic) bond motifs is 1. The molecule has 3 aromatic rings. The molecule has 41 heavy (non-hydrogen) atoms. The SMILES string of the molecule is O=C(CC1CCC(N2CCCCC2)CC1)c1c(COc2ccc(Cl)cc2)n(CCC2CCNCC2)c2ccccc12. The van der Waals surface area contributed by atoms with Crippen LogP contribution in [0.15, 0.2) is 48.5 Å². The third-order valence-electron chi connectivity index (χ3n) is 9.96. The molecule has 0 unspecified atom stereocenters. The number of ketones is 1. The van der Waals surface area contributed by atoms with Crippen LogP contribution in [0, 0.1) is 11.8 Å². The molecule has 0 amide bonds. The van der Waals surface area contributed by atoms with Crippen LogP contribution < -0.4 is 10.1 Å². The van der Waals surface area contributed by atoms with Crippen molar-refractivity contribution in [3.05, 3.63) is 64.8 Å². The Labute approximate surface area is 250 Å². The Morgan fingerprint density at radius 1 is 0.878 bits per heavy atom. The van der Waals surface area contributed by atoms with E-state index in [1.54, 1.807) is 0 Å². The molecule has 2 aromatic carbocycles. The van der Waals surface area contributed by atoms with Crippen molar-refractivity contribution in [1.29, 1.82) is 0 Å². The Kier molecular flexibility index (Phi) is 9.65. The summed E-state index contributed by atoms with van der Waals surface area (Å²) in [4.78, 5) is 16.9. The van der Waals surface area contributed by atoms with Gasteiger partial charge in [0.15, 0.2) is 5.78 Å². The molecule has 3 fully saturated rings. The lowest BCUT2D eigenvalue weighted by atomic mass is 9.81. The second-order valence-corrected chi connectivity index (χ2v) is 13.1. The topological polar surface area (TPSA) is 46.5 Å². The van der Waals surface area contributed by atoms with E-state index in [0.29, 0.717) is 24.0 Å². The number of rotatable bonds is 10. The summed E-state index contributed by atoms with van der Waals surface area (Å²) in [7, 11) is 0. The number of likely N-dealkylation sites (tertiary alicyclic amines) is 1. The Morgan fingerprint density at radius 3 is 2.37 bits per heavy atom. The van der Waals surface area contributed by atoms with Gasteiger partial charge in [0.1, 0.15) is 12.4 Å². The van der Waals surface area contributed by atoms with Crippen LogP contribution in [0.1, 0.15) is 86.7 Å². The fourth-order valence-electron chi connectivity index (χ4n) is 7.60. The highest BCUT2D eigenvalue weighted by molar-refractivity contribution is 6.30. The molecule has 0 atom stereocenters. The summed E-state index contributed by atoms with van der Waals surface area (Å²) in [6.45, 7) is 6.04. The Hall–Kier alpha value is -2.34. The number of hydrogen-bond donors (Lipinski definition) is 1. The van der Waals surface area contributed by atoms with Gasteiger partial charge in [-0.1, -0.05) is 36.2 Å². The number of carbonyl (C=O) groups excluding carboxylic acids is 1. The molecule has 1 aliphatic carbocycles. The third-order valence-corrected chi connectivity index (χ3v) is 10.2. The second-order valence-electron chi connectivity index (χ2n) is 12.6. The number of ether oxygens (including phenoxy) is 1. The molecule has 3 aliphatic rings. The molecule has 1 aromatic heterocycles. The van der Waals surface area contributed by atoms with Crippen LogP contribution in [0.25, 0.3) is 10.9 Å². The molecule has 1 N–H and O–H groups in total. The Morgan fingerprint density at radius 2 is 1.61 bits per heavy atom. The summed E-state index contributed by atoms with van der Waals surface area (Å²) < 4.78 is 8.72. The number of carbonyl (C=O) groups is 1. The van der Waals surface area contributed by atoms with Crippen molar-refractivity contribution in [2.24, 2.45) is 11.8 Å². The van der Waals surface area contributed by atoms with Crippen LogP contribution in [0.5, 0.6) is 5.75 Å². The summed E-state index contributed by atoms with van der Waals surface area (Å²) >= 11 is 6.12. The number of para-hydroxylation sites is 1. The zero-order valence-electron chi connectivity index (χ0n) is 24.5. The predicted molar refractivity (Wildman–Crippen MR) is 168 cm³/mol. The summed E-state index contributed by atoms with van der Waals surface area (Å²) in [5.74, 6) is 2.26. The van der Waals surface area contributed by atoms with Crippen molar-refractivity contribution >= 4 is 28.3 Å². The van der Waals surface area contributed by atoms with Crippen molar-refractivity contribution < 1.29 is 9.53 Å². The van der Waals surface area contributed by atoms with Crippen molar-refractivity contribution in [1.82, 2.24) is 14.8 Å². The molecule has 220 valence electrons. The van der Waals surface area contributed by atoms with Gasteiger partial charge >= 0.3 is 0 Å². The van der Waals surface area contributed by atoms with Gasteiger partial charge in [-0.05, 0) is 126 Å². The molecule has 2 saturated heterocycles. The van der Waals surface area contributed by atoms with E-state index in [1.165, 1.54) is 58.0 Å². The standard InChI is InChI=1S/C35H46ClN3O2/c36-28-10-14-30(15-11-28)41-25-33-35(34(40)24-27-8-12-29(13-9-27)38-21-4-1-5-22-38)31-6-2-3-7-32(31)39(33)23-18-26-16-19-37-20-17-26/h2-3,6-7,10-11,14-15,26-27,29,37H,1,4-5,8-9,12-13,16-25H2. The summed E-state index contributed by atoms with van der Waals surface area (Å²) in [6.07, 6.45) is 13.1. The van der Waals surface area contributed by atoms with E-state index in [4.69, 9.17) is 16.3 Å². The van der Waals surface area contributed by atoms with Crippen LogP contribution in [0.3, 0.4) is 0 Å². The van der Waals surface area contributed by atoms with Gasteiger partial charge in [-0.15, -0.1) is 0 Å². The number of piperidine rings is 2. The van der Waals surface area contributed by atoms with E-state index < -0.39 is 0 Å². The van der Waals surface area contributed by atoms with E-state index in [2.05, 4.69) is 39.0 Å². The Bertz CT molecular complexity index is 1280. The lowest BCUT2D eigenvalue weighted by Crippen LogP contribution is -2.41. The summed E-state index contributed by atoms with van der Waals surface area (Å²) in [5, 5.41) is 5.27. The smallest absolute Gasteiger partial charge is 0.165 e. The Balaban J connectivity index is 1.23. The third kappa shape index (κ3) is 7.01. The molecular formula is C35H46ClN3O2. The molecule has 3 heterocycles. The average molecular weight is 576 g/mol. The van der Waals surface area contributed by atoms with Gasteiger partial charge in [0.2, 0.25) is 0 Å². The second kappa shape index (κ2) is 13.8. The number of aryl methyl sites for hydroxylation is 1. The van der Waals surface area contributed by atoms with E-state index >= 15 is 0 Å². The summed E-state index contributed by atoms with van der Waals surface area (Å²) in [5.41, 5.74) is 3.08. The fourth-order valence-corrected chi connectivity index (χ4v) is 7.73. The molecule has 1 saturated carbocycles. The quantitative estimate of drug-likeness (QED) is 0.250. The number of halogens is 1. The first-order valence-corrected chi connectivity index (χ1v) is 16.5. The van der Waals surface area contributed by atoms with Crippen LogP contribution in [-0.4, -0.2) is 47.5 Å². The van der Waals surface area contributed by atoms with Gasteiger partial charge in [0, 0.05) is 40.5 Å². The lowest BCUT2D eigenvalue weighted by molar-refractivity contribution is 0.0890. The molecule has 5 nitrogen and oxygen atoms in total. The van der Waals surface area contributed by atoms with Crippen molar-refractivity contribution in [2.45, 2.75) is 89.8 Å². The van der Waals surface area contributed by atoms with Gasteiger partial charge in [0.25, 0.3) is 0 Å². The van der Waals surface area contributed by atoms with E-state index in [9.17, 15) is 4.79 Å². The minimum atomic E-state index is 0.290. The van der Waals surface area contributed by atoms with Crippen molar-refractivity contribution in [3.8, 4) is 5.75 Å². The van der Waals surface area contributed by atoms with Crippen molar-refractivity contribution in [3.63, 3.8) is 0 Å². The zero-order valence-corrected chi connectivity index (χ0v) is 25.2. The number of benzene rings is 2. The first kappa shape index (κ1) is 28.8.